The fourth-order valence-electron chi connectivity index (χ4n) is 2.06. The summed E-state index contributed by atoms with van der Waals surface area (Å²) < 4.78 is 2.99. The number of halogens is 1. The minimum absolute atomic E-state index is 1.03. The van der Waals surface area contributed by atoms with Gasteiger partial charge in [-0.05, 0) is 41.1 Å². The molecule has 3 rings (SSSR count). The summed E-state index contributed by atoms with van der Waals surface area (Å²) in [7, 11) is 0. The smallest absolute Gasteiger partial charge is 0.0794 e. The number of para-hydroxylation sites is 1. The van der Waals surface area contributed by atoms with Crippen LogP contribution >= 0.6 is 15.9 Å². The van der Waals surface area contributed by atoms with Gasteiger partial charge < -0.3 is 0 Å². The summed E-state index contributed by atoms with van der Waals surface area (Å²) in [4.78, 5) is 0. The van der Waals surface area contributed by atoms with E-state index in [9.17, 15) is 0 Å². The van der Waals surface area contributed by atoms with Crippen molar-refractivity contribution in [2.75, 3.05) is 0 Å². The van der Waals surface area contributed by atoms with E-state index in [-0.39, 0.29) is 0 Å². The van der Waals surface area contributed by atoms with Crippen LogP contribution in [-0.4, -0.2) is 9.78 Å². The van der Waals surface area contributed by atoms with E-state index < -0.39 is 0 Å². The van der Waals surface area contributed by atoms with Crippen LogP contribution in [0.5, 0.6) is 0 Å². The number of hydrogen-bond acceptors (Lipinski definition) is 1. The van der Waals surface area contributed by atoms with Crippen LogP contribution in [0.1, 0.15) is 5.56 Å². The largest absolute Gasteiger partial charge is 0.232 e. The second-order valence-electron chi connectivity index (χ2n) is 4.45. The Morgan fingerprint density at radius 1 is 0.947 bits per heavy atom. The summed E-state index contributed by atoms with van der Waals surface area (Å²) in [5.74, 6) is 0. The number of hydrogen-bond donors (Lipinski definition) is 0. The predicted octanol–water partition coefficient (Wildman–Crippen LogP) is 4.61. The van der Waals surface area contributed by atoms with E-state index in [4.69, 9.17) is 0 Å². The van der Waals surface area contributed by atoms with Crippen molar-refractivity contribution in [2.24, 2.45) is 0 Å². The zero-order valence-corrected chi connectivity index (χ0v) is 12.1. The van der Waals surface area contributed by atoms with E-state index in [0.717, 1.165) is 15.9 Å². The molecule has 94 valence electrons. The number of aryl methyl sites for hydroxylation is 1. The summed E-state index contributed by atoms with van der Waals surface area (Å²) in [5.41, 5.74) is 4.56. The number of nitrogens with zero attached hydrogens (tertiary/aromatic N) is 2. The number of rotatable bonds is 2. The monoisotopic (exact) mass is 312 g/mol. The van der Waals surface area contributed by atoms with Crippen molar-refractivity contribution in [1.82, 2.24) is 9.78 Å². The molecule has 2 nitrogen and oxygen atoms in total. The van der Waals surface area contributed by atoms with E-state index in [1.807, 2.05) is 35.1 Å². The van der Waals surface area contributed by atoms with Crippen LogP contribution in [-0.2, 0) is 0 Å². The lowest BCUT2D eigenvalue weighted by Crippen LogP contribution is -1.99. The van der Waals surface area contributed by atoms with Gasteiger partial charge in [-0.3, -0.25) is 0 Å². The molecule has 0 aliphatic heterocycles. The second kappa shape index (κ2) is 5.02. The standard InChI is InChI=1S/C16H13BrN2/c1-12-6-8-13(9-7-12)15-10-11-18-19(15)16-5-3-2-4-14(16)17/h2-11H,1H3. The van der Waals surface area contributed by atoms with E-state index >= 15 is 0 Å². The van der Waals surface area contributed by atoms with E-state index in [1.54, 1.807) is 0 Å². The van der Waals surface area contributed by atoms with Crippen LogP contribution in [0.3, 0.4) is 0 Å². The Morgan fingerprint density at radius 2 is 1.68 bits per heavy atom. The molecule has 0 aliphatic carbocycles. The zero-order valence-electron chi connectivity index (χ0n) is 10.5. The molecule has 3 aromatic rings. The molecule has 0 saturated heterocycles. The van der Waals surface area contributed by atoms with Crippen LogP contribution < -0.4 is 0 Å². The molecule has 0 bridgehead atoms. The van der Waals surface area contributed by atoms with Crippen molar-refractivity contribution in [3.8, 4) is 16.9 Å². The molecule has 0 saturated carbocycles. The maximum atomic E-state index is 4.43. The lowest BCUT2D eigenvalue weighted by atomic mass is 10.1. The lowest BCUT2D eigenvalue weighted by Gasteiger charge is -2.09. The highest BCUT2D eigenvalue weighted by molar-refractivity contribution is 9.10. The van der Waals surface area contributed by atoms with Gasteiger partial charge in [0.1, 0.15) is 0 Å². The van der Waals surface area contributed by atoms with Gasteiger partial charge in [0.05, 0.1) is 17.6 Å². The summed E-state index contributed by atoms with van der Waals surface area (Å²) in [5, 5.41) is 4.43. The molecular formula is C16H13BrN2. The van der Waals surface area contributed by atoms with Crippen LogP contribution in [0.25, 0.3) is 16.9 Å². The molecule has 0 atom stereocenters. The molecule has 0 N–H and O–H groups in total. The average molecular weight is 313 g/mol. The molecule has 0 fully saturated rings. The minimum atomic E-state index is 1.03. The van der Waals surface area contributed by atoms with E-state index in [0.29, 0.717) is 0 Å². The highest BCUT2D eigenvalue weighted by Gasteiger charge is 2.09. The van der Waals surface area contributed by atoms with Gasteiger partial charge in [-0.2, -0.15) is 5.10 Å². The van der Waals surface area contributed by atoms with Crippen molar-refractivity contribution < 1.29 is 0 Å². The molecule has 19 heavy (non-hydrogen) atoms. The van der Waals surface area contributed by atoms with Crippen molar-refractivity contribution in [3.05, 3.63) is 70.8 Å². The maximum absolute atomic E-state index is 4.43. The van der Waals surface area contributed by atoms with Crippen molar-refractivity contribution in [2.45, 2.75) is 6.92 Å². The third-order valence-electron chi connectivity index (χ3n) is 3.07. The van der Waals surface area contributed by atoms with Crippen molar-refractivity contribution in [3.63, 3.8) is 0 Å². The third kappa shape index (κ3) is 2.34. The quantitative estimate of drug-likeness (QED) is 0.675. The first-order valence-corrected chi connectivity index (χ1v) is 6.91. The normalized spacial score (nSPS) is 10.6. The Balaban J connectivity index is 2.13. The van der Waals surface area contributed by atoms with Crippen molar-refractivity contribution in [1.29, 1.82) is 0 Å². The van der Waals surface area contributed by atoms with Crippen molar-refractivity contribution >= 4 is 15.9 Å². The van der Waals surface area contributed by atoms with Crippen LogP contribution in [0.2, 0.25) is 0 Å². The van der Waals surface area contributed by atoms with Gasteiger partial charge >= 0.3 is 0 Å². The molecule has 0 amide bonds. The van der Waals surface area contributed by atoms with E-state index in [1.165, 1.54) is 11.1 Å². The first-order valence-electron chi connectivity index (χ1n) is 6.12. The van der Waals surface area contributed by atoms with Gasteiger partial charge in [0.25, 0.3) is 0 Å². The summed E-state index contributed by atoms with van der Waals surface area (Å²) in [6, 6.07) is 18.6. The van der Waals surface area contributed by atoms with Gasteiger partial charge in [-0.25, -0.2) is 4.68 Å². The van der Waals surface area contributed by atoms with Crippen LogP contribution in [0, 0.1) is 6.92 Å². The highest BCUT2D eigenvalue weighted by Crippen LogP contribution is 2.26. The Bertz CT molecular complexity index is 699. The average Bonchev–Trinajstić information content (AvgIpc) is 2.89. The summed E-state index contributed by atoms with van der Waals surface area (Å²) >= 11 is 3.58. The highest BCUT2D eigenvalue weighted by atomic mass is 79.9. The third-order valence-corrected chi connectivity index (χ3v) is 3.74. The van der Waals surface area contributed by atoms with E-state index in [2.05, 4.69) is 58.3 Å². The zero-order chi connectivity index (χ0) is 13.2. The summed E-state index contributed by atoms with van der Waals surface area (Å²) in [6.45, 7) is 2.09. The fourth-order valence-corrected chi connectivity index (χ4v) is 2.51. The predicted molar refractivity (Wildman–Crippen MR) is 81.4 cm³/mol. The Hall–Kier alpha value is -1.87. The fraction of sp³-hybridized carbons (Fsp3) is 0.0625. The molecule has 0 unspecified atom stereocenters. The Kier molecular flexibility index (Phi) is 3.22. The summed E-state index contributed by atoms with van der Waals surface area (Å²) in [6.07, 6.45) is 1.83. The molecule has 0 aliphatic rings. The van der Waals surface area contributed by atoms with Gasteiger partial charge in [-0.15, -0.1) is 0 Å². The molecular weight excluding hydrogens is 300 g/mol. The number of aromatic nitrogens is 2. The molecule has 3 heteroatoms. The minimum Gasteiger partial charge on any atom is -0.232 e. The van der Waals surface area contributed by atoms with Gasteiger partial charge in [0.15, 0.2) is 0 Å². The Labute approximate surface area is 120 Å². The first-order chi connectivity index (χ1) is 9.25. The molecule has 1 aromatic heterocycles. The second-order valence-corrected chi connectivity index (χ2v) is 5.30. The Morgan fingerprint density at radius 3 is 2.42 bits per heavy atom. The van der Waals surface area contributed by atoms with Crippen LogP contribution in [0.15, 0.2) is 65.3 Å². The topological polar surface area (TPSA) is 17.8 Å². The lowest BCUT2D eigenvalue weighted by molar-refractivity contribution is 0.883. The SMILES string of the molecule is Cc1ccc(-c2ccnn2-c2ccccc2Br)cc1. The maximum Gasteiger partial charge on any atom is 0.0794 e. The van der Waals surface area contributed by atoms with Crippen LogP contribution in [0.4, 0.5) is 0 Å². The first kappa shape index (κ1) is 12.2. The van der Waals surface area contributed by atoms with Gasteiger partial charge in [-0.1, -0.05) is 42.0 Å². The number of benzene rings is 2. The molecule has 2 aromatic carbocycles. The molecule has 1 heterocycles. The van der Waals surface area contributed by atoms with Gasteiger partial charge in [0.2, 0.25) is 0 Å². The van der Waals surface area contributed by atoms with Gasteiger partial charge in [0, 0.05) is 10.0 Å². The molecule has 0 radical (unpaired) electrons. The molecule has 0 spiro atoms.